The third kappa shape index (κ3) is 11.5. The molecule has 0 aromatic heterocycles. The van der Waals surface area contributed by atoms with Crippen LogP contribution in [0.5, 0.6) is 0 Å². The number of hydrogen-bond donors (Lipinski definition) is 0. The van der Waals surface area contributed by atoms with Crippen molar-refractivity contribution in [2.24, 2.45) is 4.99 Å². The third-order valence-corrected chi connectivity index (χ3v) is 1.33. The van der Waals surface area contributed by atoms with Crippen LogP contribution in [0.4, 0.5) is 0 Å². The van der Waals surface area contributed by atoms with Crippen LogP contribution in [0.3, 0.4) is 0 Å². The maximum atomic E-state index is 9.83. The Bertz CT molecular complexity index is 218. The van der Waals surface area contributed by atoms with E-state index in [0.29, 0.717) is 0 Å². The topological polar surface area (TPSA) is 69.6 Å². The summed E-state index contributed by atoms with van der Waals surface area (Å²) in [6, 6.07) is 0. The molecule has 52 valence electrons. The van der Waals surface area contributed by atoms with E-state index in [1.165, 1.54) is 0 Å². The van der Waals surface area contributed by atoms with Crippen LogP contribution in [0, 0.1) is 0 Å². The first-order chi connectivity index (χ1) is 4.06. The Morgan fingerprint density at radius 1 is 1.60 bits per heavy atom. The van der Waals surface area contributed by atoms with Crippen LogP contribution in [-0.2, 0) is 10.1 Å². The Labute approximate surface area is 86.8 Å². The van der Waals surface area contributed by atoms with Gasteiger partial charge in [-0.3, -0.25) is 0 Å². The van der Waals surface area contributed by atoms with Gasteiger partial charge in [0.2, 0.25) is 0 Å². The second-order valence-corrected chi connectivity index (χ2v) is 2.94. The summed E-state index contributed by atoms with van der Waals surface area (Å²) in [6.45, 7) is -0.0880. The van der Waals surface area contributed by atoms with Crippen LogP contribution in [0.1, 0.15) is 0 Å². The second kappa shape index (κ2) is 6.42. The fourth-order valence-electron chi connectivity index (χ4n) is 0.203. The average molecular weight is 189 g/mol. The van der Waals surface area contributed by atoms with E-state index in [4.69, 9.17) is 0 Å². The first kappa shape index (κ1) is 13.3. The van der Waals surface area contributed by atoms with Gasteiger partial charge in [0, 0.05) is 0 Å². The van der Waals surface area contributed by atoms with Crippen LogP contribution in [0.15, 0.2) is 4.99 Å². The van der Waals surface area contributed by atoms with E-state index < -0.39 is 15.9 Å². The molecule has 0 aliphatic rings. The van der Waals surface area contributed by atoms with Crippen molar-refractivity contribution in [1.82, 2.24) is 0 Å². The Balaban J connectivity index is 0. The van der Waals surface area contributed by atoms with Gasteiger partial charge in [-0.25, -0.2) is 13.4 Å². The molecule has 0 aliphatic carbocycles. The molecule has 7 heteroatoms. The molecular weight excluding hydrogens is 185 g/mol. The number of isothiocyanates is 1. The van der Waals surface area contributed by atoms with E-state index in [1.807, 2.05) is 5.16 Å². The van der Waals surface area contributed by atoms with Crippen molar-refractivity contribution in [3.63, 3.8) is 0 Å². The van der Waals surface area contributed by atoms with E-state index in [9.17, 15) is 13.0 Å². The molecular formula is C3H4NNaO3S2. The molecule has 0 unspecified atom stereocenters. The molecule has 4 nitrogen and oxygen atoms in total. The van der Waals surface area contributed by atoms with Gasteiger partial charge < -0.3 is 4.55 Å². The maximum absolute atomic E-state index is 9.83. The molecule has 0 fully saturated rings. The quantitative estimate of drug-likeness (QED) is 0.201. The Morgan fingerprint density at radius 2 is 2.10 bits per heavy atom. The summed E-state index contributed by atoms with van der Waals surface area (Å²) in [4.78, 5) is 3.24. The zero-order valence-electron chi connectivity index (χ0n) is 5.40. The summed E-state index contributed by atoms with van der Waals surface area (Å²) in [7, 11) is -4.13. The van der Waals surface area contributed by atoms with Gasteiger partial charge in [0.15, 0.2) is 0 Å². The first-order valence-electron chi connectivity index (χ1n) is 2.03. The summed E-state index contributed by atoms with van der Waals surface area (Å²) in [5, 5.41) is 1.95. The summed E-state index contributed by atoms with van der Waals surface area (Å²) < 4.78 is 29.5. The Kier molecular flexibility index (Phi) is 8.55. The number of aliphatic imine (C=N–C) groups is 1. The first-order valence-corrected chi connectivity index (χ1v) is 4.02. The largest absolute Gasteiger partial charge is 1.00 e. The molecule has 0 radical (unpaired) electrons. The van der Waals surface area contributed by atoms with Gasteiger partial charge >= 0.3 is 29.6 Å². The molecule has 0 saturated heterocycles. The summed E-state index contributed by atoms with van der Waals surface area (Å²) >= 11 is 4.13. The standard InChI is InChI=1S/C3H5NO3S2.Na/c5-9(6,7)2-1-4-3-8;/h1-2H2,(H,5,6,7);/q;+1/p-1. The predicted molar refractivity (Wildman–Crippen MR) is 34.5 cm³/mol. The zero-order chi connectivity index (χ0) is 7.33. The van der Waals surface area contributed by atoms with Crippen LogP contribution in [0.2, 0.25) is 0 Å². The van der Waals surface area contributed by atoms with Crippen LogP contribution >= 0.6 is 12.2 Å². The van der Waals surface area contributed by atoms with E-state index in [-0.39, 0.29) is 36.1 Å². The normalized spacial score (nSPS) is 9.30. The minimum atomic E-state index is -4.13. The van der Waals surface area contributed by atoms with Gasteiger partial charge in [-0.15, -0.1) is 0 Å². The van der Waals surface area contributed by atoms with Crippen molar-refractivity contribution in [2.75, 3.05) is 12.3 Å². The third-order valence-electron chi connectivity index (χ3n) is 0.518. The van der Waals surface area contributed by atoms with Gasteiger partial charge in [0.05, 0.1) is 27.6 Å². The molecule has 0 spiro atoms. The zero-order valence-corrected chi connectivity index (χ0v) is 9.04. The van der Waals surface area contributed by atoms with Crippen LogP contribution in [-0.4, -0.2) is 30.4 Å². The van der Waals surface area contributed by atoms with E-state index >= 15 is 0 Å². The Morgan fingerprint density at radius 3 is 2.40 bits per heavy atom. The van der Waals surface area contributed by atoms with Crippen molar-refractivity contribution < 1.29 is 42.5 Å². The molecule has 0 rings (SSSR count). The molecule has 0 atom stereocenters. The molecule has 0 heterocycles. The molecule has 0 amide bonds. The summed E-state index contributed by atoms with van der Waals surface area (Å²) in [6.07, 6.45) is 0. The summed E-state index contributed by atoms with van der Waals surface area (Å²) in [5.41, 5.74) is 0. The van der Waals surface area contributed by atoms with E-state index in [1.54, 1.807) is 0 Å². The van der Waals surface area contributed by atoms with Crippen LogP contribution in [0.25, 0.3) is 0 Å². The number of thiocarbonyl (C=S) groups is 1. The smallest absolute Gasteiger partial charge is 0.748 e. The van der Waals surface area contributed by atoms with Crippen molar-refractivity contribution in [3.05, 3.63) is 0 Å². The van der Waals surface area contributed by atoms with Gasteiger partial charge in [0.1, 0.15) is 0 Å². The number of nitrogens with zero attached hydrogens (tertiary/aromatic N) is 1. The predicted octanol–water partition coefficient (Wildman–Crippen LogP) is -3.36. The fourth-order valence-corrected chi connectivity index (χ4v) is 0.609. The molecule has 0 bridgehead atoms. The second-order valence-electron chi connectivity index (χ2n) is 1.23. The molecule has 0 aliphatic heterocycles. The van der Waals surface area contributed by atoms with Crippen molar-refractivity contribution in [2.45, 2.75) is 0 Å². The molecule has 0 N–H and O–H groups in total. The van der Waals surface area contributed by atoms with Crippen molar-refractivity contribution in [1.29, 1.82) is 0 Å². The molecule has 0 saturated carbocycles. The van der Waals surface area contributed by atoms with Gasteiger partial charge in [-0.2, -0.15) is 0 Å². The fraction of sp³-hybridized carbons (Fsp3) is 0.667. The summed E-state index contributed by atoms with van der Waals surface area (Å²) in [5.74, 6) is -0.503. The maximum Gasteiger partial charge on any atom is 1.00 e. The van der Waals surface area contributed by atoms with Crippen molar-refractivity contribution >= 4 is 27.5 Å². The van der Waals surface area contributed by atoms with Crippen molar-refractivity contribution in [3.8, 4) is 0 Å². The average Bonchev–Trinajstić information content (AvgIpc) is 1.63. The monoisotopic (exact) mass is 189 g/mol. The van der Waals surface area contributed by atoms with Gasteiger partial charge in [0.25, 0.3) is 0 Å². The minimum Gasteiger partial charge on any atom is -0.748 e. The Hall–Kier alpha value is 0.710. The molecule has 0 aromatic carbocycles. The molecule has 10 heavy (non-hydrogen) atoms. The number of hydrogen-bond acceptors (Lipinski definition) is 5. The minimum absolute atomic E-state index is 0. The van der Waals surface area contributed by atoms with E-state index in [0.717, 1.165) is 0 Å². The molecule has 0 aromatic rings. The van der Waals surface area contributed by atoms with Gasteiger partial charge in [-0.05, 0) is 12.2 Å². The SMILES string of the molecule is O=S(=O)([O-])CCN=C=S.[Na+]. The van der Waals surface area contributed by atoms with Crippen LogP contribution < -0.4 is 29.6 Å². The van der Waals surface area contributed by atoms with E-state index in [2.05, 4.69) is 17.2 Å². The number of rotatable bonds is 3. The van der Waals surface area contributed by atoms with Gasteiger partial charge in [-0.1, -0.05) is 0 Å².